The molecule has 2 aromatic rings. The van der Waals surface area contributed by atoms with Gasteiger partial charge in [0.15, 0.2) is 0 Å². The minimum Gasteiger partial charge on any atom is -0.339 e. The maximum absolute atomic E-state index is 12.8. The molecule has 0 spiro atoms. The second-order valence-electron chi connectivity index (χ2n) is 7.23. The summed E-state index contributed by atoms with van der Waals surface area (Å²) in [4.78, 5) is 32.1. The first kappa shape index (κ1) is 19.7. The lowest BCUT2D eigenvalue weighted by Crippen LogP contribution is -2.52. The number of carbonyl (C=O) groups excluding carboxylic acids is 2. The minimum atomic E-state index is 0.00624. The Morgan fingerprint density at radius 3 is 2.48 bits per heavy atom. The Kier molecular flexibility index (Phi) is 6.32. The highest BCUT2D eigenvalue weighted by Gasteiger charge is 2.29. The van der Waals surface area contributed by atoms with E-state index in [1.54, 1.807) is 16.7 Å². The van der Waals surface area contributed by atoms with Gasteiger partial charge in [-0.25, -0.2) is 0 Å². The lowest BCUT2D eigenvalue weighted by molar-refractivity contribution is -0.132. The summed E-state index contributed by atoms with van der Waals surface area (Å²) in [5.41, 5.74) is 2.05. The van der Waals surface area contributed by atoms with E-state index in [0.717, 1.165) is 30.2 Å². The molecule has 2 aliphatic rings. The lowest BCUT2D eigenvalue weighted by Gasteiger charge is -2.36. The Labute approximate surface area is 176 Å². The summed E-state index contributed by atoms with van der Waals surface area (Å²) in [6.45, 7) is 4.12. The molecule has 6 heteroatoms. The van der Waals surface area contributed by atoms with E-state index >= 15 is 0 Å². The predicted molar refractivity (Wildman–Crippen MR) is 118 cm³/mol. The average Bonchev–Trinajstić information content (AvgIpc) is 2.77. The van der Waals surface area contributed by atoms with Crippen LogP contribution in [-0.2, 0) is 9.59 Å². The molecule has 5 nitrogen and oxygen atoms in total. The van der Waals surface area contributed by atoms with Gasteiger partial charge in [-0.05, 0) is 17.7 Å². The van der Waals surface area contributed by atoms with Crippen molar-refractivity contribution in [1.82, 2.24) is 9.80 Å². The number of rotatable bonds is 5. The van der Waals surface area contributed by atoms with Crippen LogP contribution in [0.15, 0.2) is 65.6 Å². The third-order valence-corrected chi connectivity index (χ3v) is 6.35. The van der Waals surface area contributed by atoms with Gasteiger partial charge in [0.05, 0.1) is 11.4 Å². The standard InChI is InChI=1S/C23H25N3O2S/c27-22(17-26-20-10-4-5-11-21(20)29-18-23(26)28)25-15-13-24(14-16-25)12-6-9-19-7-2-1-3-8-19/h1-11H,12-18H2. The topological polar surface area (TPSA) is 43.9 Å². The molecule has 0 saturated carbocycles. The van der Waals surface area contributed by atoms with Gasteiger partial charge in [0.2, 0.25) is 11.8 Å². The summed E-state index contributed by atoms with van der Waals surface area (Å²) in [6, 6.07) is 18.1. The van der Waals surface area contributed by atoms with Crippen LogP contribution >= 0.6 is 11.8 Å². The van der Waals surface area contributed by atoms with Gasteiger partial charge in [-0.3, -0.25) is 14.5 Å². The zero-order chi connectivity index (χ0) is 20.1. The number of amides is 2. The summed E-state index contributed by atoms with van der Waals surface area (Å²) in [5.74, 6) is 0.428. The van der Waals surface area contributed by atoms with Crippen molar-refractivity contribution in [2.45, 2.75) is 4.90 Å². The Bertz CT molecular complexity index is 892. The van der Waals surface area contributed by atoms with Crippen molar-refractivity contribution in [3.63, 3.8) is 0 Å². The first-order valence-electron chi connectivity index (χ1n) is 9.94. The Morgan fingerprint density at radius 2 is 1.69 bits per heavy atom. The van der Waals surface area contributed by atoms with Gasteiger partial charge in [-0.2, -0.15) is 0 Å². The number of hydrogen-bond donors (Lipinski definition) is 0. The van der Waals surface area contributed by atoms with Gasteiger partial charge in [-0.1, -0.05) is 54.6 Å². The summed E-state index contributed by atoms with van der Waals surface area (Å²) in [7, 11) is 0. The normalized spacial score (nSPS) is 17.6. The van der Waals surface area contributed by atoms with Gasteiger partial charge in [-0.15, -0.1) is 11.8 Å². The van der Waals surface area contributed by atoms with Crippen LogP contribution in [0.5, 0.6) is 0 Å². The maximum atomic E-state index is 12.8. The fraction of sp³-hybridized carbons (Fsp3) is 0.304. The summed E-state index contributed by atoms with van der Waals surface area (Å²) < 4.78 is 0. The highest BCUT2D eigenvalue weighted by molar-refractivity contribution is 8.00. The number of hydrogen-bond acceptors (Lipinski definition) is 4. The van der Waals surface area contributed by atoms with E-state index in [4.69, 9.17) is 0 Å². The third-order valence-electron chi connectivity index (χ3n) is 5.30. The van der Waals surface area contributed by atoms with Crippen LogP contribution in [-0.4, -0.2) is 66.6 Å². The molecule has 4 rings (SSSR count). The second kappa shape index (κ2) is 9.29. The number of para-hydroxylation sites is 1. The lowest BCUT2D eigenvalue weighted by atomic mass is 10.2. The van der Waals surface area contributed by atoms with Crippen molar-refractivity contribution >= 4 is 35.3 Å². The van der Waals surface area contributed by atoms with E-state index < -0.39 is 0 Å². The molecule has 2 amide bonds. The van der Waals surface area contributed by atoms with Crippen molar-refractivity contribution in [1.29, 1.82) is 0 Å². The van der Waals surface area contributed by atoms with Gasteiger partial charge in [0, 0.05) is 37.6 Å². The van der Waals surface area contributed by atoms with Crippen LogP contribution < -0.4 is 4.90 Å². The molecular weight excluding hydrogens is 382 g/mol. The van der Waals surface area contributed by atoms with Crippen molar-refractivity contribution in [3.05, 3.63) is 66.2 Å². The minimum absolute atomic E-state index is 0.00624. The largest absolute Gasteiger partial charge is 0.339 e. The van der Waals surface area contributed by atoms with Crippen LogP contribution in [0.25, 0.3) is 6.08 Å². The fourth-order valence-corrected chi connectivity index (χ4v) is 4.58. The van der Waals surface area contributed by atoms with Gasteiger partial charge in [0.1, 0.15) is 6.54 Å². The molecule has 1 saturated heterocycles. The smallest absolute Gasteiger partial charge is 0.242 e. The SMILES string of the molecule is O=C(CN1C(=O)CSc2ccccc21)N1CCN(CC=Cc2ccccc2)CC1. The van der Waals surface area contributed by atoms with E-state index in [-0.39, 0.29) is 18.4 Å². The molecule has 2 aromatic carbocycles. The number of piperazine rings is 1. The third kappa shape index (κ3) is 4.89. The van der Waals surface area contributed by atoms with E-state index in [0.29, 0.717) is 18.8 Å². The van der Waals surface area contributed by atoms with E-state index in [1.807, 2.05) is 47.4 Å². The van der Waals surface area contributed by atoms with E-state index in [2.05, 4.69) is 29.2 Å². The quantitative estimate of drug-likeness (QED) is 0.764. The predicted octanol–water partition coefficient (Wildman–Crippen LogP) is 2.98. The Morgan fingerprint density at radius 1 is 0.966 bits per heavy atom. The number of thioether (sulfide) groups is 1. The first-order chi connectivity index (χ1) is 14.2. The molecule has 29 heavy (non-hydrogen) atoms. The monoisotopic (exact) mass is 407 g/mol. The highest BCUT2D eigenvalue weighted by Crippen LogP contribution is 2.34. The summed E-state index contributed by atoms with van der Waals surface area (Å²) >= 11 is 1.54. The van der Waals surface area contributed by atoms with Gasteiger partial charge in [0.25, 0.3) is 0 Å². The zero-order valence-electron chi connectivity index (χ0n) is 16.4. The summed E-state index contributed by atoms with van der Waals surface area (Å²) in [5, 5.41) is 0. The molecule has 1 fully saturated rings. The maximum Gasteiger partial charge on any atom is 0.242 e. The van der Waals surface area contributed by atoms with Crippen molar-refractivity contribution in [2.24, 2.45) is 0 Å². The highest BCUT2D eigenvalue weighted by atomic mass is 32.2. The summed E-state index contributed by atoms with van der Waals surface area (Å²) in [6.07, 6.45) is 4.31. The molecule has 150 valence electrons. The molecule has 2 heterocycles. The van der Waals surface area contributed by atoms with Crippen molar-refractivity contribution in [2.75, 3.05) is 49.9 Å². The molecule has 0 aromatic heterocycles. The van der Waals surface area contributed by atoms with Crippen LogP contribution in [0.3, 0.4) is 0 Å². The molecule has 0 radical (unpaired) electrons. The number of benzene rings is 2. The Hall–Kier alpha value is -2.57. The van der Waals surface area contributed by atoms with Crippen LogP contribution in [0, 0.1) is 0 Å². The van der Waals surface area contributed by atoms with Crippen LogP contribution in [0.2, 0.25) is 0 Å². The van der Waals surface area contributed by atoms with E-state index in [9.17, 15) is 9.59 Å². The molecule has 0 unspecified atom stereocenters. The van der Waals surface area contributed by atoms with E-state index in [1.165, 1.54) is 5.56 Å². The van der Waals surface area contributed by atoms with Gasteiger partial charge < -0.3 is 9.80 Å². The van der Waals surface area contributed by atoms with Crippen LogP contribution in [0.4, 0.5) is 5.69 Å². The number of nitrogens with zero attached hydrogens (tertiary/aromatic N) is 3. The fourth-order valence-electron chi connectivity index (χ4n) is 3.64. The van der Waals surface area contributed by atoms with Gasteiger partial charge >= 0.3 is 0 Å². The van der Waals surface area contributed by atoms with Crippen LogP contribution in [0.1, 0.15) is 5.56 Å². The molecule has 0 aliphatic carbocycles. The van der Waals surface area contributed by atoms with Crippen molar-refractivity contribution in [3.8, 4) is 0 Å². The molecule has 0 bridgehead atoms. The average molecular weight is 408 g/mol. The molecule has 2 aliphatic heterocycles. The number of anilines is 1. The zero-order valence-corrected chi connectivity index (χ0v) is 17.2. The van der Waals surface area contributed by atoms with Crippen molar-refractivity contribution < 1.29 is 9.59 Å². The molecular formula is C23H25N3O2S. The number of fused-ring (bicyclic) bond motifs is 1. The Balaban J connectivity index is 1.28. The second-order valence-corrected chi connectivity index (χ2v) is 8.25. The molecule has 0 N–H and O–H groups in total. The first-order valence-corrected chi connectivity index (χ1v) is 10.9. The molecule has 0 atom stereocenters. The number of carbonyl (C=O) groups is 2.